The number of ether oxygens (including phenoxy) is 1. The average molecular weight is 478 g/mol. The number of carbonyl (C=O) groups excluding carboxylic acids is 1. The monoisotopic (exact) mass is 477 g/mol. The minimum Gasteiger partial charge on any atom is -0.394 e. The number of hydrogen-bond donors (Lipinski definition) is 4. The summed E-state index contributed by atoms with van der Waals surface area (Å²) in [6.07, 6.45) is 1.59. The highest BCUT2D eigenvalue weighted by molar-refractivity contribution is 5.80. The Morgan fingerprint density at radius 1 is 1.18 bits per heavy atom. The number of alkyl halides is 1. The van der Waals surface area contributed by atoms with E-state index in [1.165, 1.54) is 0 Å². The maximum atomic E-state index is 12.8. The van der Waals surface area contributed by atoms with Gasteiger partial charge in [-0.3, -0.25) is 9.89 Å². The van der Waals surface area contributed by atoms with Gasteiger partial charge in [0.15, 0.2) is 0 Å². The van der Waals surface area contributed by atoms with Crippen molar-refractivity contribution in [2.45, 2.75) is 70.9 Å². The lowest BCUT2D eigenvalue weighted by Crippen LogP contribution is -2.45. The molecule has 1 aromatic carbocycles. The molecule has 0 amide bonds. The van der Waals surface area contributed by atoms with E-state index >= 15 is 0 Å². The molecule has 1 atom stereocenters. The van der Waals surface area contributed by atoms with E-state index in [0.29, 0.717) is 32.3 Å². The second-order valence-electron chi connectivity index (χ2n) is 9.72. The van der Waals surface area contributed by atoms with Crippen molar-refractivity contribution in [3.05, 3.63) is 52.3 Å². The van der Waals surface area contributed by atoms with Crippen molar-refractivity contribution in [1.29, 1.82) is 0 Å². The number of aromatic nitrogens is 2. The molecule has 0 aliphatic carbocycles. The predicted octanol–water partition coefficient (Wildman–Crippen LogP) is 2.88. The Kier molecular flexibility index (Phi) is 11.3. The van der Waals surface area contributed by atoms with Gasteiger partial charge in [-0.2, -0.15) is 5.10 Å². The van der Waals surface area contributed by atoms with Crippen molar-refractivity contribution >= 4 is 5.78 Å². The van der Waals surface area contributed by atoms with Crippen LogP contribution in [0.15, 0.2) is 24.3 Å². The first-order valence-corrected chi connectivity index (χ1v) is 12.0. The van der Waals surface area contributed by atoms with Gasteiger partial charge < -0.3 is 20.3 Å². The maximum Gasteiger partial charge on any atom is 0.146 e. The number of benzene rings is 1. The highest BCUT2D eigenvalue weighted by Crippen LogP contribution is 2.24. The summed E-state index contributed by atoms with van der Waals surface area (Å²) in [4.78, 5) is 12.2. The van der Waals surface area contributed by atoms with E-state index in [1.807, 2.05) is 13.8 Å². The molecule has 0 radical (unpaired) electrons. The van der Waals surface area contributed by atoms with Gasteiger partial charge in [-0.05, 0) is 37.3 Å². The summed E-state index contributed by atoms with van der Waals surface area (Å²) < 4.78 is 18.2. The second-order valence-corrected chi connectivity index (χ2v) is 9.72. The fraction of sp³-hybridized carbons (Fsp3) is 0.615. The van der Waals surface area contributed by atoms with Crippen molar-refractivity contribution < 1.29 is 24.1 Å². The van der Waals surface area contributed by atoms with E-state index < -0.39 is 18.3 Å². The minimum absolute atomic E-state index is 0.0214. The highest BCUT2D eigenvalue weighted by Gasteiger charge is 2.18. The Morgan fingerprint density at radius 2 is 1.85 bits per heavy atom. The number of aromatic amines is 1. The zero-order valence-electron chi connectivity index (χ0n) is 20.9. The van der Waals surface area contributed by atoms with E-state index in [9.17, 15) is 14.3 Å². The van der Waals surface area contributed by atoms with Crippen LogP contribution in [0.2, 0.25) is 0 Å². The summed E-state index contributed by atoms with van der Waals surface area (Å²) in [5, 5.41) is 29.1. The first kappa shape index (κ1) is 28.1. The zero-order chi connectivity index (χ0) is 25.1. The Morgan fingerprint density at radius 3 is 2.44 bits per heavy atom. The topological polar surface area (TPSA) is 107 Å². The van der Waals surface area contributed by atoms with Crippen LogP contribution in [-0.2, 0) is 28.8 Å². The van der Waals surface area contributed by atoms with Crippen molar-refractivity contribution in [1.82, 2.24) is 15.5 Å². The molecule has 2 rings (SSSR count). The molecule has 0 fully saturated rings. The number of halogens is 1. The van der Waals surface area contributed by atoms with Gasteiger partial charge in [-0.25, -0.2) is 4.39 Å². The van der Waals surface area contributed by atoms with Gasteiger partial charge >= 0.3 is 0 Å². The number of hydrogen-bond acceptors (Lipinski definition) is 6. The Balaban J connectivity index is 1.96. The lowest BCUT2D eigenvalue weighted by Gasteiger charge is -2.22. The zero-order valence-corrected chi connectivity index (χ0v) is 20.9. The van der Waals surface area contributed by atoms with E-state index in [0.717, 1.165) is 28.1 Å². The molecule has 0 saturated carbocycles. The van der Waals surface area contributed by atoms with Crippen molar-refractivity contribution in [2.75, 3.05) is 33.0 Å². The molecule has 8 heteroatoms. The van der Waals surface area contributed by atoms with Crippen LogP contribution < -0.4 is 5.32 Å². The summed E-state index contributed by atoms with van der Waals surface area (Å²) in [6.45, 7) is 7.41. The number of rotatable bonds is 16. The van der Waals surface area contributed by atoms with Gasteiger partial charge in [-0.15, -0.1) is 0 Å². The van der Waals surface area contributed by atoms with Gasteiger partial charge in [0, 0.05) is 36.1 Å². The lowest BCUT2D eigenvalue weighted by atomic mass is 9.95. The summed E-state index contributed by atoms with van der Waals surface area (Å²) in [5.74, 6) is 0.400. The number of aliphatic hydroxyl groups is 2. The third-order valence-electron chi connectivity index (χ3n) is 5.89. The number of carbonyl (C=O) groups is 1. The van der Waals surface area contributed by atoms with E-state index in [-0.39, 0.29) is 31.5 Å². The number of aliphatic hydroxyl groups excluding tert-OH is 2. The summed E-state index contributed by atoms with van der Waals surface area (Å²) in [6, 6.07) is 8.27. The van der Waals surface area contributed by atoms with Crippen LogP contribution in [0.5, 0.6) is 0 Å². The quantitative estimate of drug-likeness (QED) is 0.296. The SMILES string of the molecule is CC(C)c1[nH]nc(CCOC(CO)CF)c1Cc1ccc(CCC(=O)CNC(C)(C)CO)cc1. The number of Topliss-reactive ketones (excluding diaryl/α,β-unsaturated/α-hetero) is 1. The van der Waals surface area contributed by atoms with Gasteiger partial charge in [0.2, 0.25) is 0 Å². The van der Waals surface area contributed by atoms with E-state index in [4.69, 9.17) is 9.84 Å². The molecule has 1 aromatic heterocycles. The molecule has 2 aromatic rings. The van der Waals surface area contributed by atoms with E-state index in [2.05, 4.69) is 53.6 Å². The molecule has 0 bridgehead atoms. The average Bonchev–Trinajstić information content (AvgIpc) is 3.22. The third kappa shape index (κ3) is 8.91. The second kappa shape index (κ2) is 13.7. The van der Waals surface area contributed by atoms with Crippen molar-refractivity contribution in [2.24, 2.45) is 0 Å². The van der Waals surface area contributed by atoms with Crippen LogP contribution in [0.3, 0.4) is 0 Å². The molecule has 0 saturated heterocycles. The first-order valence-electron chi connectivity index (χ1n) is 12.0. The number of nitrogens with one attached hydrogen (secondary N) is 2. The molecule has 190 valence electrons. The Bertz CT molecular complexity index is 877. The molecule has 0 aliphatic rings. The standard InChI is InChI=1S/C26H40FN3O4/c1-18(2)25-23(24(29-30-25)11-12-34-22(14-27)16-31)13-20-7-5-19(6-8-20)9-10-21(33)15-28-26(3,4)17-32/h5-8,18,22,28,31-32H,9-17H2,1-4H3,(H,29,30). The van der Waals surface area contributed by atoms with Crippen LogP contribution in [0.1, 0.15) is 68.1 Å². The fourth-order valence-corrected chi connectivity index (χ4v) is 3.56. The molecular formula is C26H40FN3O4. The van der Waals surface area contributed by atoms with Crippen molar-refractivity contribution in [3.63, 3.8) is 0 Å². The highest BCUT2D eigenvalue weighted by atomic mass is 19.1. The first-order chi connectivity index (χ1) is 16.2. The van der Waals surface area contributed by atoms with Crippen LogP contribution in [0.4, 0.5) is 4.39 Å². The molecule has 1 unspecified atom stereocenters. The van der Waals surface area contributed by atoms with Crippen LogP contribution >= 0.6 is 0 Å². The summed E-state index contributed by atoms with van der Waals surface area (Å²) >= 11 is 0. The van der Waals surface area contributed by atoms with E-state index in [1.54, 1.807) is 0 Å². The number of nitrogens with zero attached hydrogens (tertiary/aromatic N) is 1. The summed E-state index contributed by atoms with van der Waals surface area (Å²) in [5.41, 5.74) is 4.88. The molecule has 1 heterocycles. The molecule has 4 N–H and O–H groups in total. The molecule has 0 aliphatic heterocycles. The predicted molar refractivity (Wildman–Crippen MR) is 131 cm³/mol. The Hall–Kier alpha value is -2.13. The van der Waals surface area contributed by atoms with Gasteiger partial charge in [0.05, 0.1) is 32.1 Å². The minimum atomic E-state index is -0.789. The number of H-pyrrole nitrogens is 1. The molecule has 34 heavy (non-hydrogen) atoms. The molecule has 0 spiro atoms. The van der Waals surface area contributed by atoms with Crippen LogP contribution in [0.25, 0.3) is 0 Å². The largest absolute Gasteiger partial charge is 0.394 e. The normalized spacial score (nSPS) is 12.9. The summed E-state index contributed by atoms with van der Waals surface area (Å²) in [7, 11) is 0. The Labute approximate surface area is 202 Å². The van der Waals surface area contributed by atoms with Gasteiger partial charge in [-0.1, -0.05) is 38.1 Å². The number of aryl methyl sites for hydroxylation is 1. The number of ketones is 1. The third-order valence-corrected chi connectivity index (χ3v) is 5.89. The maximum absolute atomic E-state index is 12.8. The van der Waals surface area contributed by atoms with Crippen LogP contribution in [0, 0.1) is 0 Å². The van der Waals surface area contributed by atoms with Crippen LogP contribution in [-0.4, -0.2) is 70.9 Å². The fourth-order valence-electron chi connectivity index (χ4n) is 3.56. The van der Waals surface area contributed by atoms with Crippen molar-refractivity contribution in [3.8, 4) is 0 Å². The molecule has 7 nitrogen and oxygen atoms in total. The van der Waals surface area contributed by atoms with Gasteiger partial charge in [0.25, 0.3) is 0 Å². The lowest BCUT2D eigenvalue weighted by molar-refractivity contribution is -0.118. The molecular weight excluding hydrogens is 437 g/mol. The van der Waals surface area contributed by atoms with Gasteiger partial charge in [0.1, 0.15) is 18.6 Å². The smallest absolute Gasteiger partial charge is 0.146 e.